The minimum Gasteiger partial charge on any atom is -0.354 e. The Morgan fingerprint density at radius 3 is 3.00 bits per heavy atom. The second-order valence-electron chi connectivity index (χ2n) is 7.36. The van der Waals surface area contributed by atoms with Gasteiger partial charge in [-0.2, -0.15) is 0 Å². The van der Waals surface area contributed by atoms with Crippen molar-refractivity contribution in [3.05, 3.63) is 47.3 Å². The van der Waals surface area contributed by atoms with Gasteiger partial charge in [-0.3, -0.25) is 23.5 Å². The lowest BCUT2D eigenvalue weighted by atomic mass is 10.2. The molecule has 0 spiro atoms. The molecule has 1 fully saturated rings. The zero-order valence-corrected chi connectivity index (χ0v) is 17.9. The molecule has 9 heteroatoms. The molecule has 1 atom stereocenters. The molecule has 0 saturated carbocycles. The van der Waals surface area contributed by atoms with Crippen LogP contribution in [0, 0.1) is 0 Å². The highest BCUT2D eigenvalue weighted by Crippen LogP contribution is 2.21. The lowest BCUT2D eigenvalue weighted by Gasteiger charge is -2.22. The van der Waals surface area contributed by atoms with E-state index in [-0.39, 0.29) is 17.2 Å². The van der Waals surface area contributed by atoms with Crippen molar-refractivity contribution in [2.24, 2.45) is 0 Å². The normalized spacial score (nSPS) is 17.0. The van der Waals surface area contributed by atoms with Crippen LogP contribution in [0.5, 0.6) is 0 Å². The van der Waals surface area contributed by atoms with Crippen molar-refractivity contribution in [3.63, 3.8) is 0 Å². The van der Waals surface area contributed by atoms with Crippen LogP contribution in [0.25, 0.3) is 16.7 Å². The summed E-state index contributed by atoms with van der Waals surface area (Å²) >= 11 is 1.32. The Bertz CT molecular complexity index is 1140. The molecular weight excluding hydrogens is 400 g/mol. The number of nitrogens with zero attached hydrogens (tertiary/aromatic N) is 5. The molecule has 0 aliphatic carbocycles. The maximum atomic E-state index is 12.8. The first-order valence-electron chi connectivity index (χ1n) is 10.2. The molecule has 1 N–H and O–H groups in total. The topological polar surface area (TPSA) is 84.5 Å². The second kappa shape index (κ2) is 9.01. The zero-order chi connectivity index (χ0) is 21.1. The highest BCUT2D eigenvalue weighted by Gasteiger charge is 2.23. The van der Waals surface area contributed by atoms with Crippen LogP contribution in [0.3, 0.4) is 0 Å². The molecule has 1 aliphatic rings. The van der Waals surface area contributed by atoms with Crippen LogP contribution in [0.1, 0.15) is 19.8 Å². The number of aromatic nitrogens is 4. The average molecular weight is 427 g/mol. The molecule has 2 aromatic heterocycles. The lowest BCUT2D eigenvalue weighted by Crippen LogP contribution is -2.40. The minimum absolute atomic E-state index is 0.0246. The maximum Gasteiger partial charge on any atom is 0.263 e. The van der Waals surface area contributed by atoms with E-state index in [0.717, 1.165) is 25.0 Å². The van der Waals surface area contributed by atoms with Gasteiger partial charge in [-0.15, -0.1) is 16.8 Å². The van der Waals surface area contributed by atoms with Crippen molar-refractivity contribution in [2.75, 3.05) is 25.4 Å². The summed E-state index contributed by atoms with van der Waals surface area (Å²) in [5.41, 5.74) is 0.604. The summed E-state index contributed by atoms with van der Waals surface area (Å²) in [6.07, 6.45) is 3.98. The molecule has 0 bridgehead atoms. The number of hydrogen-bond acceptors (Lipinski definition) is 6. The first-order valence-corrected chi connectivity index (χ1v) is 11.2. The molecule has 1 aliphatic heterocycles. The van der Waals surface area contributed by atoms with E-state index in [0.29, 0.717) is 35.5 Å². The van der Waals surface area contributed by atoms with Crippen LogP contribution in [0.4, 0.5) is 0 Å². The van der Waals surface area contributed by atoms with E-state index in [4.69, 9.17) is 0 Å². The van der Waals surface area contributed by atoms with Crippen LogP contribution in [0.2, 0.25) is 0 Å². The van der Waals surface area contributed by atoms with Crippen molar-refractivity contribution in [1.82, 2.24) is 29.4 Å². The number of thioether (sulfide) groups is 1. The Kier molecular flexibility index (Phi) is 6.19. The van der Waals surface area contributed by atoms with Gasteiger partial charge in [-0.05, 0) is 38.1 Å². The molecule has 4 rings (SSSR count). The van der Waals surface area contributed by atoms with Gasteiger partial charge in [0, 0.05) is 19.1 Å². The van der Waals surface area contributed by atoms with E-state index < -0.39 is 0 Å². The van der Waals surface area contributed by atoms with Crippen molar-refractivity contribution >= 4 is 34.3 Å². The van der Waals surface area contributed by atoms with Crippen LogP contribution < -0.4 is 10.9 Å². The molecule has 1 aromatic carbocycles. The number of fused-ring (bicyclic) bond motifs is 3. The summed E-state index contributed by atoms with van der Waals surface area (Å²) in [6, 6.07) is 7.80. The van der Waals surface area contributed by atoms with Crippen molar-refractivity contribution in [3.8, 4) is 0 Å². The van der Waals surface area contributed by atoms with Crippen LogP contribution >= 0.6 is 11.8 Å². The number of allylic oxidation sites excluding steroid dienone is 1. The van der Waals surface area contributed by atoms with Crippen molar-refractivity contribution in [1.29, 1.82) is 0 Å². The van der Waals surface area contributed by atoms with Gasteiger partial charge in [-0.25, -0.2) is 0 Å². The first-order chi connectivity index (χ1) is 14.6. The zero-order valence-electron chi connectivity index (χ0n) is 17.1. The summed E-state index contributed by atoms with van der Waals surface area (Å²) in [4.78, 5) is 27.7. The molecule has 1 saturated heterocycles. The lowest BCUT2D eigenvalue weighted by molar-refractivity contribution is -0.118. The Balaban J connectivity index is 1.54. The summed E-state index contributed by atoms with van der Waals surface area (Å²) in [7, 11) is 0. The summed E-state index contributed by atoms with van der Waals surface area (Å²) < 4.78 is 3.39. The van der Waals surface area contributed by atoms with Gasteiger partial charge in [0.05, 0.1) is 16.7 Å². The monoisotopic (exact) mass is 426 g/mol. The number of amides is 1. The average Bonchev–Trinajstić information content (AvgIpc) is 3.40. The number of nitrogens with one attached hydrogen (secondary N) is 1. The van der Waals surface area contributed by atoms with Crippen molar-refractivity contribution in [2.45, 2.75) is 37.5 Å². The SMILES string of the molecule is C=CCn1c(=O)c2ccccc2n2c(SCC(=O)NCC3CCCN3CC)nnc12. The van der Waals surface area contributed by atoms with Crippen molar-refractivity contribution < 1.29 is 4.79 Å². The predicted octanol–water partition coefficient (Wildman–Crippen LogP) is 1.92. The Hall–Kier alpha value is -2.65. The predicted molar refractivity (Wildman–Crippen MR) is 119 cm³/mol. The number of para-hydroxylation sites is 1. The van der Waals surface area contributed by atoms with E-state index in [1.165, 1.54) is 18.2 Å². The van der Waals surface area contributed by atoms with Crippen LogP contribution in [-0.4, -0.2) is 61.4 Å². The number of rotatable bonds is 8. The highest BCUT2D eigenvalue weighted by atomic mass is 32.2. The standard InChI is InChI=1S/C21H26N6O2S/c1-3-11-26-19(29)16-9-5-6-10-17(16)27-20(26)23-24-21(27)30-14-18(28)22-13-15-8-7-12-25(15)4-2/h3,5-6,9-10,15H,1,4,7-8,11-14H2,2H3,(H,22,28). The fourth-order valence-corrected chi connectivity index (χ4v) is 4.85. The van der Waals surface area contributed by atoms with Gasteiger partial charge in [0.1, 0.15) is 0 Å². The Morgan fingerprint density at radius 1 is 1.37 bits per heavy atom. The Labute approximate surface area is 179 Å². The maximum absolute atomic E-state index is 12.8. The number of benzene rings is 1. The molecule has 30 heavy (non-hydrogen) atoms. The second-order valence-corrected chi connectivity index (χ2v) is 8.30. The first kappa shape index (κ1) is 20.6. The fraction of sp³-hybridized carbons (Fsp3) is 0.429. The van der Waals surface area contributed by atoms with Gasteiger partial charge in [0.2, 0.25) is 11.7 Å². The van der Waals surface area contributed by atoms with E-state index in [1.54, 1.807) is 16.7 Å². The molecule has 158 valence electrons. The van der Waals surface area contributed by atoms with E-state index in [9.17, 15) is 9.59 Å². The highest BCUT2D eigenvalue weighted by molar-refractivity contribution is 7.99. The molecule has 0 radical (unpaired) electrons. The summed E-state index contributed by atoms with van der Waals surface area (Å²) in [5, 5.41) is 12.7. The molecule has 1 unspecified atom stereocenters. The minimum atomic E-state index is -0.128. The quantitative estimate of drug-likeness (QED) is 0.438. The number of likely N-dealkylation sites (tertiary alicyclic amines) is 1. The smallest absolute Gasteiger partial charge is 0.263 e. The van der Waals surface area contributed by atoms with Gasteiger partial charge in [0.25, 0.3) is 5.56 Å². The van der Waals surface area contributed by atoms with Gasteiger partial charge in [0.15, 0.2) is 5.16 Å². The van der Waals surface area contributed by atoms with Crippen LogP contribution in [-0.2, 0) is 11.3 Å². The number of carbonyl (C=O) groups is 1. The third-order valence-electron chi connectivity index (χ3n) is 5.56. The molecule has 3 heterocycles. The number of carbonyl (C=O) groups excluding carboxylic acids is 1. The third kappa shape index (κ3) is 3.87. The van der Waals surface area contributed by atoms with Crippen LogP contribution in [0.15, 0.2) is 46.9 Å². The number of hydrogen-bond donors (Lipinski definition) is 1. The summed E-state index contributed by atoms with van der Waals surface area (Å²) in [6.45, 7) is 9.03. The molecule has 8 nitrogen and oxygen atoms in total. The molecular formula is C21H26N6O2S. The third-order valence-corrected chi connectivity index (χ3v) is 6.49. The van der Waals surface area contributed by atoms with E-state index >= 15 is 0 Å². The van der Waals surface area contributed by atoms with Gasteiger partial charge in [-0.1, -0.05) is 36.9 Å². The summed E-state index contributed by atoms with van der Waals surface area (Å²) in [5.74, 6) is 0.670. The molecule has 1 amide bonds. The van der Waals surface area contributed by atoms with E-state index in [2.05, 4.69) is 33.9 Å². The van der Waals surface area contributed by atoms with Gasteiger partial charge >= 0.3 is 0 Å². The fourth-order valence-electron chi connectivity index (χ4n) is 4.08. The van der Waals surface area contributed by atoms with Gasteiger partial charge < -0.3 is 5.32 Å². The Morgan fingerprint density at radius 2 is 2.20 bits per heavy atom. The largest absolute Gasteiger partial charge is 0.354 e. The number of likely N-dealkylation sites (N-methyl/N-ethyl adjacent to an activating group) is 1. The molecule has 3 aromatic rings. The van der Waals surface area contributed by atoms with E-state index in [1.807, 2.05) is 22.6 Å².